The summed E-state index contributed by atoms with van der Waals surface area (Å²) in [6.45, 7) is 28.0. The molecule has 3 N–H and O–H groups in total. The largest absolute Gasteiger partial charge is 0.445 e. The van der Waals surface area contributed by atoms with Crippen molar-refractivity contribution >= 4 is 35.0 Å². The van der Waals surface area contributed by atoms with Crippen molar-refractivity contribution in [2.24, 2.45) is 0 Å². The second-order valence-corrected chi connectivity index (χ2v) is 14.6. The standard InChI is InChI=1S/C42H53N3O6/c1-27(2)30-16-20-33(21-17-30)40(7,8)43-37(46)49-25-36(51-39(48)45-42(11,12)35-15-13-14-32(24-35)29(5)6)26-50-38(47)44-41(9,10)34-22-18-31(19-23-34)28(3)4/h13-24,36H,1,3,5,25-26H2,2,4,6-12H3,(H,43,46)(H,44,47)(H,45,48). The van der Waals surface area contributed by atoms with E-state index in [4.69, 9.17) is 14.2 Å². The van der Waals surface area contributed by atoms with Gasteiger partial charge >= 0.3 is 18.3 Å². The molecule has 3 aromatic carbocycles. The molecule has 0 aliphatic rings. The molecule has 0 bridgehead atoms. The maximum absolute atomic E-state index is 13.3. The summed E-state index contributed by atoms with van der Waals surface area (Å²) < 4.78 is 16.7. The molecule has 3 rings (SSSR count). The van der Waals surface area contributed by atoms with Crippen LogP contribution in [0.5, 0.6) is 0 Å². The highest BCUT2D eigenvalue weighted by Gasteiger charge is 2.30. The Morgan fingerprint density at radius 2 is 0.922 bits per heavy atom. The summed E-state index contributed by atoms with van der Waals surface area (Å²) in [4.78, 5) is 39.3. The molecular weight excluding hydrogens is 642 g/mol. The minimum absolute atomic E-state index is 0.380. The van der Waals surface area contributed by atoms with Crippen LogP contribution in [0.25, 0.3) is 16.7 Å². The van der Waals surface area contributed by atoms with Gasteiger partial charge < -0.3 is 30.2 Å². The van der Waals surface area contributed by atoms with E-state index in [0.717, 1.165) is 50.1 Å². The molecule has 0 saturated heterocycles. The van der Waals surface area contributed by atoms with Crippen LogP contribution in [0.15, 0.2) is 92.5 Å². The lowest BCUT2D eigenvalue weighted by Crippen LogP contribution is -2.46. The van der Waals surface area contributed by atoms with Gasteiger partial charge in [-0.2, -0.15) is 0 Å². The molecule has 9 heteroatoms. The molecule has 0 unspecified atom stereocenters. The first-order valence-corrected chi connectivity index (χ1v) is 16.9. The van der Waals surface area contributed by atoms with E-state index in [1.165, 1.54) is 0 Å². The third kappa shape index (κ3) is 11.6. The maximum Gasteiger partial charge on any atom is 0.408 e. The van der Waals surface area contributed by atoms with Crippen LogP contribution in [0.3, 0.4) is 0 Å². The molecule has 272 valence electrons. The van der Waals surface area contributed by atoms with Gasteiger partial charge in [-0.05, 0) is 102 Å². The van der Waals surface area contributed by atoms with Gasteiger partial charge in [-0.3, -0.25) is 0 Å². The molecule has 0 spiro atoms. The number of hydrogen-bond acceptors (Lipinski definition) is 6. The lowest BCUT2D eigenvalue weighted by atomic mass is 9.92. The number of ether oxygens (including phenoxy) is 3. The molecule has 51 heavy (non-hydrogen) atoms. The molecule has 9 nitrogen and oxygen atoms in total. The van der Waals surface area contributed by atoms with Crippen molar-refractivity contribution in [3.05, 3.63) is 126 Å². The van der Waals surface area contributed by atoms with Gasteiger partial charge in [0.2, 0.25) is 0 Å². The van der Waals surface area contributed by atoms with Crippen molar-refractivity contribution in [2.45, 2.75) is 85.0 Å². The smallest absolute Gasteiger partial charge is 0.408 e. The first kappa shape index (κ1) is 40.1. The van der Waals surface area contributed by atoms with Crippen LogP contribution in [0.2, 0.25) is 0 Å². The van der Waals surface area contributed by atoms with E-state index in [2.05, 4.69) is 35.7 Å². The van der Waals surface area contributed by atoms with Crippen LogP contribution in [-0.2, 0) is 30.8 Å². The molecule has 3 aromatic rings. The van der Waals surface area contributed by atoms with Gasteiger partial charge in [0.1, 0.15) is 13.2 Å². The van der Waals surface area contributed by atoms with E-state index in [-0.39, 0.29) is 13.2 Å². The van der Waals surface area contributed by atoms with Crippen LogP contribution in [0, 0.1) is 0 Å². The van der Waals surface area contributed by atoms with Gasteiger partial charge in [0.25, 0.3) is 0 Å². The Bertz CT molecular complexity index is 1670. The third-order valence-electron chi connectivity index (χ3n) is 8.59. The van der Waals surface area contributed by atoms with Crippen LogP contribution in [-0.4, -0.2) is 37.6 Å². The van der Waals surface area contributed by atoms with Crippen LogP contribution in [0.4, 0.5) is 14.4 Å². The monoisotopic (exact) mass is 695 g/mol. The zero-order valence-electron chi connectivity index (χ0n) is 31.5. The zero-order chi connectivity index (χ0) is 38.1. The lowest BCUT2D eigenvalue weighted by molar-refractivity contribution is 0.00251. The predicted molar refractivity (Wildman–Crippen MR) is 205 cm³/mol. The molecule has 3 amide bonds. The number of rotatable bonds is 14. The van der Waals surface area contributed by atoms with Crippen LogP contribution < -0.4 is 16.0 Å². The molecule has 0 aliphatic carbocycles. The van der Waals surface area contributed by atoms with Gasteiger partial charge in [-0.1, -0.05) is 103 Å². The lowest BCUT2D eigenvalue weighted by Gasteiger charge is -2.29. The van der Waals surface area contributed by atoms with Crippen molar-refractivity contribution in [2.75, 3.05) is 13.2 Å². The molecule has 0 atom stereocenters. The van der Waals surface area contributed by atoms with E-state index in [0.29, 0.717) is 0 Å². The Balaban J connectivity index is 1.71. The fourth-order valence-corrected chi connectivity index (χ4v) is 5.20. The first-order valence-electron chi connectivity index (χ1n) is 16.9. The Labute approximate surface area is 303 Å². The summed E-state index contributed by atoms with van der Waals surface area (Å²) in [6, 6.07) is 23.1. The predicted octanol–water partition coefficient (Wildman–Crippen LogP) is 9.44. The Morgan fingerprint density at radius 1 is 0.549 bits per heavy atom. The van der Waals surface area contributed by atoms with E-state index >= 15 is 0 Å². The van der Waals surface area contributed by atoms with E-state index < -0.39 is 41.0 Å². The third-order valence-corrected chi connectivity index (χ3v) is 8.59. The van der Waals surface area contributed by atoms with Crippen molar-refractivity contribution in [3.63, 3.8) is 0 Å². The van der Waals surface area contributed by atoms with Crippen LogP contribution in [0.1, 0.15) is 95.7 Å². The minimum atomic E-state index is -1.13. The Morgan fingerprint density at radius 3 is 1.31 bits per heavy atom. The van der Waals surface area contributed by atoms with E-state index in [1.807, 2.05) is 135 Å². The highest BCUT2D eigenvalue weighted by Crippen LogP contribution is 2.26. The fourth-order valence-electron chi connectivity index (χ4n) is 5.20. The highest BCUT2D eigenvalue weighted by atomic mass is 16.6. The number of allylic oxidation sites excluding steroid dienone is 3. The fraction of sp³-hybridized carbons (Fsp3) is 0.357. The Hall–Kier alpha value is -5.31. The normalized spacial score (nSPS) is 11.6. The topological polar surface area (TPSA) is 115 Å². The number of amides is 3. The second-order valence-electron chi connectivity index (χ2n) is 14.6. The van der Waals surface area contributed by atoms with E-state index in [1.54, 1.807) is 0 Å². The molecular formula is C42H53N3O6. The van der Waals surface area contributed by atoms with Crippen molar-refractivity contribution in [3.8, 4) is 0 Å². The minimum Gasteiger partial charge on any atom is -0.445 e. The molecule has 0 fully saturated rings. The van der Waals surface area contributed by atoms with E-state index in [9.17, 15) is 14.4 Å². The summed E-state index contributed by atoms with van der Waals surface area (Å²) in [5, 5.41) is 8.59. The molecule has 0 saturated carbocycles. The average molecular weight is 696 g/mol. The average Bonchev–Trinajstić information content (AvgIpc) is 3.05. The summed E-state index contributed by atoms with van der Waals surface area (Å²) in [7, 11) is 0. The van der Waals surface area contributed by atoms with Crippen molar-refractivity contribution in [1.29, 1.82) is 0 Å². The summed E-state index contributed by atoms with van der Waals surface area (Å²) in [5.41, 5.74) is 5.82. The first-order chi connectivity index (χ1) is 23.7. The number of carbonyl (C=O) groups excluding carboxylic acids is 3. The van der Waals surface area contributed by atoms with Gasteiger partial charge in [-0.25, -0.2) is 14.4 Å². The second kappa shape index (κ2) is 16.6. The van der Waals surface area contributed by atoms with Gasteiger partial charge in [-0.15, -0.1) is 0 Å². The summed E-state index contributed by atoms with van der Waals surface area (Å²) >= 11 is 0. The number of carbonyl (C=O) groups is 3. The summed E-state index contributed by atoms with van der Waals surface area (Å²) in [5.74, 6) is 0. The quantitative estimate of drug-likeness (QED) is 0.145. The molecule has 0 heterocycles. The number of alkyl carbamates (subject to hydrolysis) is 3. The highest BCUT2D eigenvalue weighted by molar-refractivity contribution is 5.71. The zero-order valence-corrected chi connectivity index (χ0v) is 31.5. The molecule has 0 radical (unpaired) electrons. The molecule has 0 aromatic heterocycles. The van der Waals surface area contributed by atoms with Gasteiger partial charge in [0.05, 0.1) is 16.6 Å². The molecule has 0 aliphatic heterocycles. The SMILES string of the molecule is C=C(C)c1ccc(C(C)(C)NC(=O)OCC(COC(=O)NC(C)(C)c2ccc(C(=C)C)cc2)OC(=O)NC(C)(C)c2cccc(C(=C)C)c2)cc1. The van der Waals surface area contributed by atoms with Gasteiger partial charge in [0, 0.05) is 0 Å². The van der Waals surface area contributed by atoms with Crippen molar-refractivity contribution < 1.29 is 28.6 Å². The van der Waals surface area contributed by atoms with Gasteiger partial charge in [0.15, 0.2) is 6.10 Å². The van der Waals surface area contributed by atoms with Crippen LogP contribution >= 0.6 is 0 Å². The number of benzene rings is 3. The number of hydrogen-bond donors (Lipinski definition) is 3. The summed E-state index contributed by atoms with van der Waals surface area (Å²) in [6.07, 6.45) is -3.39. The number of nitrogens with one attached hydrogen (secondary N) is 3. The maximum atomic E-state index is 13.3. The van der Waals surface area contributed by atoms with Crippen molar-refractivity contribution in [1.82, 2.24) is 16.0 Å². The Kier molecular flexibility index (Phi) is 13.1.